The van der Waals surface area contributed by atoms with Crippen LogP contribution in [0.15, 0.2) is 28.9 Å². The van der Waals surface area contributed by atoms with Crippen molar-refractivity contribution in [2.75, 3.05) is 0 Å². The summed E-state index contributed by atoms with van der Waals surface area (Å²) in [6, 6.07) is 5.21. The van der Waals surface area contributed by atoms with E-state index in [9.17, 15) is 18.3 Å². The number of hydrogen-bond donors (Lipinski definition) is 1. The van der Waals surface area contributed by atoms with Gasteiger partial charge in [-0.3, -0.25) is 0 Å². The van der Waals surface area contributed by atoms with Gasteiger partial charge in [-0.05, 0) is 30.2 Å². The first kappa shape index (κ1) is 14.5. The first-order valence-corrected chi connectivity index (χ1v) is 6.87. The molecule has 0 radical (unpaired) electrons. The van der Waals surface area contributed by atoms with Crippen LogP contribution in [0.1, 0.15) is 27.1 Å². The van der Waals surface area contributed by atoms with Gasteiger partial charge in [-0.15, -0.1) is 11.3 Å². The SMILES string of the molecule is Cc1cc(Br)ccc1C(O)c1cnc(C(F)(F)F)s1. The third kappa shape index (κ3) is 3.16. The lowest BCUT2D eigenvalue weighted by molar-refractivity contribution is -0.137. The lowest BCUT2D eigenvalue weighted by Crippen LogP contribution is -2.03. The molecule has 1 aromatic heterocycles. The predicted octanol–water partition coefficient (Wildman–Crippen LogP) is 4.31. The number of aliphatic hydroxyl groups excluding tert-OH is 1. The number of aryl methyl sites for hydroxylation is 1. The summed E-state index contributed by atoms with van der Waals surface area (Å²) < 4.78 is 38.2. The van der Waals surface area contributed by atoms with Gasteiger partial charge in [0, 0.05) is 10.7 Å². The molecule has 7 heteroatoms. The molecule has 2 nitrogen and oxygen atoms in total. The van der Waals surface area contributed by atoms with Gasteiger partial charge in [0.15, 0.2) is 5.01 Å². The van der Waals surface area contributed by atoms with Crippen LogP contribution in [0.5, 0.6) is 0 Å². The molecule has 1 atom stereocenters. The first-order valence-electron chi connectivity index (χ1n) is 5.26. The van der Waals surface area contributed by atoms with E-state index in [1.165, 1.54) is 0 Å². The Bertz CT molecular complexity index is 597. The van der Waals surface area contributed by atoms with Gasteiger partial charge in [0.1, 0.15) is 6.10 Å². The molecule has 0 bridgehead atoms. The zero-order valence-corrected chi connectivity index (χ0v) is 12.1. The van der Waals surface area contributed by atoms with Crippen LogP contribution in [0.25, 0.3) is 0 Å². The number of nitrogens with zero attached hydrogens (tertiary/aromatic N) is 1. The number of thiazole rings is 1. The maximum atomic E-state index is 12.5. The fourth-order valence-electron chi connectivity index (χ4n) is 1.64. The third-order valence-electron chi connectivity index (χ3n) is 2.56. The molecule has 0 amide bonds. The second-order valence-electron chi connectivity index (χ2n) is 3.97. The maximum Gasteiger partial charge on any atom is 0.443 e. The number of halogens is 4. The highest BCUT2D eigenvalue weighted by Gasteiger charge is 2.35. The van der Waals surface area contributed by atoms with Gasteiger partial charge in [-0.25, -0.2) is 4.98 Å². The second kappa shape index (κ2) is 5.22. The Morgan fingerprint density at radius 3 is 2.58 bits per heavy atom. The molecule has 0 fully saturated rings. The van der Waals surface area contributed by atoms with Crippen molar-refractivity contribution in [2.45, 2.75) is 19.2 Å². The summed E-state index contributed by atoms with van der Waals surface area (Å²) in [6.07, 6.45) is -4.50. The number of rotatable bonds is 2. The quantitative estimate of drug-likeness (QED) is 0.874. The summed E-state index contributed by atoms with van der Waals surface area (Å²) in [6.45, 7) is 1.79. The monoisotopic (exact) mass is 351 g/mol. The Morgan fingerprint density at radius 2 is 2.05 bits per heavy atom. The van der Waals surface area contributed by atoms with Crippen LogP contribution in [-0.4, -0.2) is 10.1 Å². The molecule has 0 aliphatic carbocycles. The molecule has 0 saturated heterocycles. The number of alkyl halides is 3. The van der Waals surface area contributed by atoms with E-state index in [0.717, 1.165) is 16.2 Å². The van der Waals surface area contributed by atoms with Crippen molar-refractivity contribution in [3.63, 3.8) is 0 Å². The molecule has 0 aliphatic heterocycles. The molecule has 2 rings (SSSR count). The number of aromatic nitrogens is 1. The van der Waals surface area contributed by atoms with Gasteiger partial charge in [0.2, 0.25) is 0 Å². The minimum Gasteiger partial charge on any atom is -0.383 e. The van der Waals surface area contributed by atoms with E-state index in [-0.39, 0.29) is 4.88 Å². The summed E-state index contributed by atoms with van der Waals surface area (Å²) in [5.41, 5.74) is 1.37. The van der Waals surface area contributed by atoms with Gasteiger partial charge in [0.25, 0.3) is 0 Å². The van der Waals surface area contributed by atoms with Crippen LogP contribution >= 0.6 is 27.3 Å². The lowest BCUT2D eigenvalue weighted by Gasteiger charge is -2.12. The van der Waals surface area contributed by atoms with Crippen LogP contribution in [0, 0.1) is 6.92 Å². The molecule has 1 unspecified atom stereocenters. The van der Waals surface area contributed by atoms with Crippen molar-refractivity contribution in [3.8, 4) is 0 Å². The summed E-state index contributed by atoms with van der Waals surface area (Å²) in [7, 11) is 0. The molecular formula is C12H9BrF3NOS. The third-order valence-corrected chi connectivity index (χ3v) is 4.15. The Balaban J connectivity index is 2.34. The molecule has 19 heavy (non-hydrogen) atoms. The van der Waals surface area contributed by atoms with E-state index in [1.807, 2.05) is 0 Å². The smallest absolute Gasteiger partial charge is 0.383 e. The molecule has 0 spiro atoms. The maximum absolute atomic E-state index is 12.5. The molecule has 1 aromatic carbocycles. The van der Waals surface area contributed by atoms with Gasteiger partial charge in [-0.1, -0.05) is 22.0 Å². The average molecular weight is 352 g/mol. The topological polar surface area (TPSA) is 33.1 Å². The lowest BCUT2D eigenvalue weighted by atomic mass is 10.0. The van der Waals surface area contributed by atoms with Crippen molar-refractivity contribution in [1.82, 2.24) is 4.98 Å². The van der Waals surface area contributed by atoms with Crippen LogP contribution in [0.2, 0.25) is 0 Å². The van der Waals surface area contributed by atoms with Crippen LogP contribution < -0.4 is 0 Å². The normalized spacial score (nSPS) is 13.6. The van der Waals surface area contributed by atoms with Crippen LogP contribution in [-0.2, 0) is 6.18 Å². The van der Waals surface area contributed by atoms with Crippen molar-refractivity contribution >= 4 is 27.3 Å². The zero-order chi connectivity index (χ0) is 14.2. The summed E-state index contributed by atoms with van der Waals surface area (Å²) >= 11 is 3.75. The summed E-state index contributed by atoms with van der Waals surface area (Å²) in [4.78, 5) is 3.48. The number of benzene rings is 1. The second-order valence-corrected chi connectivity index (χ2v) is 5.95. The van der Waals surface area contributed by atoms with E-state index in [0.29, 0.717) is 16.9 Å². The Kier molecular flexibility index (Phi) is 3.98. The van der Waals surface area contributed by atoms with Gasteiger partial charge < -0.3 is 5.11 Å². The highest BCUT2D eigenvalue weighted by Crippen LogP contribution is 2.36. The fraction of sp³-hybridized carbons (Fsp3) is 0.250. The molecular weight excluding hydrogens is 343 g/mol. The molecule has 2 aromatic rings. The van der Waals surface area contributed by atoms with Crippen LogP contribution in [0.4, 0.5) is 13.2 Å². The predicted molar refractivity (Wildman–Crippen MR) is 70.1 cm³/mol. The number of hydrogen-bond acceptors (Lipinski definition) is 3. The molecule has 102 valence electrons. The van der Waals surface area contributed by atoms with Crippen LogP contribution in [0.3, 0.4) is 0 Å². The summed E-state index contributed by atoms with van der Waals surface area (Å²) in [5, 5.41) is 9.18. The Labute approximate surface area is 120 Å². The first-order chi connectivity index (χ1) is 8.79. The zero-order valence-electron chi connectivity index (χ0n) is 9.70. The van der Waals surface area contributed by atoms with Gasteiger partial charge in [-0.2, -0.15) is 13.2 Å². The van der Waals surface area contributed by atoms with E-state index in [4.69, 9.17) is 0 Å². The highest BCUT2D eigenvalue weighted by atomic mass is 79.9. The fourth-order valence-corrected chi connectivity index (χ4v) is 2.91. The average Bonchev–Trinajstić information content (AvgIpc) is 2.76. The van der Waals surface area contributed by atoms with Crippen molar-refractivity contribution in [2.24, 2.45) is 0 Å². The van der Waals surface area contributed by atoms with Gasteiger partial charge >= 0.3 is 6.18 Å². The van der Waals surface area contributed by atoms with Gasteiger partial charge in [0.05, 0.1) is 4.88 Å². The van der Waals surface area contributed by atoms with E-state index < -0.39 is 17.3 Å². The molecule has 0 saturated carbocycles. The van der Waals surface area contributed by atoms with Crippen molar-refractivity contribution in [3.05, 3.63) is 49.9 Å². The van der Waals surface area contributed by atoms with E-state index in [2.05, 4.69) is 20.9 Å². The minimum absolute atomic E-state index is 0.178. The standard InChI is InChI=1S/C12H9BrF3NOS/c1-6-4-7(13)2-3-8(6)10(18)9-5-17-11(19-9)12(14,15)16/h2-5,10,18H,1H3. The summed E-state index contributed by atoms with van der Waals surface area (Å²) in [5.74, 6) is 0. The Hall–Kier alpha value is -0.920. The van der Waals surface area contributed by atoms with E-state index in [1.54, 1.807) is 25.1 Å². The highest BCUT2D eigenvalue weighted by molar-refractivity contribution is 9.10. The Morgan fingerprint density at radius 1 is 1.37 bits per heavy atom. The molecule has 1 N–H and O–H groups in total. The largest absolute Gasteiger partial charge is 0.443 e. The van der Waals surface area contributed by atoms with E-state index >= 15 is 0 Å². The van der Waals surface area contributed by atoms with Crippen molar-refractivity contribution < 1.29 is 18.3 Å². The van der Waals surface area contributed by atoms with Crippen molar-refractivity contribution in [1.29, 1.82) is 0 Å². The number of aliphatic hydroxyl groups is 1. The molecule has 1 heterocycles. The minimum atomic E-state index is -4.47. The molecule has 0 aliphatic rings.